The lowest BCUT2D eigenvalue weighted by atomic mass is 10.1. The lowest BCUT2D eigenvalue weighted by Gasteiger charge is -2.13. The second kappa shape index (κ2) is 8.53. The quantitative estimate of drug-likeness (QED) is 0.465. The van der Waals surface area contributed by atoms with Crippen LogP contribution in [0.1, 0.15) is 17.5 Å². The Morgan fingerprint density at radius 3 is 2.42 bits per heavy atom. The van der Waals surface area contributed by atoms with Crippen LogP contribution in [0.3, 0.4) is 0 Å². The van der Waals surface area contributed by atoms with Gasteiger partial charge in [0.05, 0.1) is 0 Å². The maximum absolute atomic E-state index is 4.22. The largest absolute Gasteiger partial charge is 0.356 e. The predicted octanol–water partition coefficient (Wildman–Crippen LogP) is 1.61. The molecule has 0 saturated carbocycles. The van der Waals surface area contributed by atoms with E-state index in [4.69, 9.17) is 0 Å². The van der Waals surface area contributed by atoms with Gasteiger partial charge in [0.15, 0.2) is 5.96 Å². The van der Waals surface area contributed by atoms with Gasteiger partial charge in [0.1, 0.15) is 0 Å². The third-order valence-electron chi connectivity index (χ3n) is 2.88. The second-order valence-electron chi connectivity index (χ2n) is 4.99. The molecule has 1 aromatic rings. The van der Waals surface area contributed by atoms with E-state index in [1.165, 1.54) is 11.1 Å². The summed E-state index contributed by atoms with van der Waals surface area (Å²) in [5, 5.41) is 6.64. The van der Waals surface area contributed by atoms with Crippen molar-refractivity contribution in [3.63, 3.8) is 0 Å². The molecule has 19 heavy (non-hydrogen) atoms. The Bertz CT molecular complexity index is 382. The standard InChI is InChI=1S/C15H26N4/c1-13-6-8-14(9-7-13)12-18-15(16-2)17-10-5-11-19(3)4/h6-9H,5,10-12H2,1-4H3,(H2,16,17,18). The van der Waals surface area contributed by atoms with Crippen molar-refractivity contribution in [3.8, 4) is 0 Å². The fourth-order valence-electron chi connectivity index (χ4n) is 1.71. The van der Waals surface area contributed by atoms with Crippen molar-refractivity contribution < 1.29 is 0 Å². The van der Waals surface area contributed by atoms with E-state index < -0.39 is 0 Å². The first-order valence-electron chi connectivity index (χ1n) is 6.76. The number of guanidine groups is 1. The zero-order valence-corrected chi connectivity index (χ0v) is 12.5. The van der Waals surface area contributed by atoms with E-state index >= 15 is 0 Å². The fraction of sp³-hybridized carbons (Fsp3) is 0.533. The normalized spacial score (nSPS) is 11.7. The van der Waals surface area contributed by atoms with E-state index in [1.54, 1.807) is 7.05 Å². The predicted molar refractivity (Wildman–Crippen MR) is 82.6 cm³/mol. The summed E-state index contributed by atoms with van der Waals surface area (Å²) < 4.78 is 0. The number of aryl methyl sites for hydroxylation is 1. The van der Waals surface area contributed by atoms with Crippen molar-refractivity contribution in [2.75, 3.05) is 34.2 Å². The summed E-state index contributed by atoms with van der Waals surface area (Å²) in [7, 11) is 5.98. The lowest BCUT2D eigenvalue weighted by molar-refractivity contribution is 0.399. The minimum atomic E-state index is 0.799. The molecular formula is C15H26N4. The van der Waals surface area contributed by atoms with E-state index in [1.807, 2.05) is 0 Å². The number of aliphatic imine (C=N–C) groups is 1. The summed E-state index contributed by atoms with van der Waals surface area (Å²) >= 11 is 0. The molecule has 0 aliphatic heterocycles. The Labute approximate surface area is 116 Å². The number of nitrogens with zero attached hydrogens (tertiary/aromatic N) is 2. The average Bonchev–Trinajstić information content (AvgIpc) is 2.39. The summed E-state index contributed by atoms with van der Waals surface area (Å²) in [4.78, 5) is 6.40. The molecule has 0 aliphatic rings. The minimum Gasteiger partial charge on any atom is -0.356 e. The molecule has 106 valence electrons. The molecule has 0 radical (unpaired) electrons. The second-order valence-corrected chi connectivity index (χ2v) is 4.99. The SMILES string of the molecule is CN=C(NCCCN(C)C)NCc1ccc(C)cc1. The van der Waals surface area contributed by atoms with Gasteiger partial charge in [-0.05, 0) is 39.5 Å². The highest BCUT2D eigenvalue weighted by Crippen LogP contribution is 2.02. The molecule has 1 aromatic carbocycles. The van der Waals surface area contributed by atoms with Crippen LogP contribution in [0.5, 0.6) is 0 Å². The maximum Gasteiger partial charge on any atom is 0.191 e. The monoisotopic (exact) mass is 262 g/mol. The number of benzene rings is 1. The van der Waals surface area contributed by atoms with Gasteiger partial charge in [-0.3, -0.25) is 4.99 Å². The molecule has 0 spiro atoms. The van der Waals surface area contributed by atoms with E-state index in [0.717, 1.165) is 32.0 Å². The van der Waals surface area contributed by atoms with Gasteiger partial charge >= 0.3 is 0 Å². The Balaban J connectivity index is 2.27. The zero-order valence-electron chi connectivity index (χ0n) is 12.5. The van der Waals surface area contributed by atoms with Crippen molar-refractivity contribution in [3.05, 3.63) is 35.4 Å². The number of rotatable bonds is 6. The van der Waals surface area contributed by atoms with Gasteiger partial charge in [-0.2, -0.15) is 0 Å². The van der Waals surface area contributed by atoms with Gasteiger partial charge in [0, 0.05) is 20.1 Å². The molecule has 1 rings (SSSR count). The molecule has 0 aliphatic carbocycles. The highest BCUT2D eigenvalue weighted by molar-refractivity contribution is 5.79. The van der Waals surface area contributed by atoms with Gasteiger partial charge in [-0.15, -0.1) is 0 Å². The molecule has 0 fully saturated rings. The van der Waals surface area contributed by atoms with Crippen LogP contribution in [0.15, 0.2) is 29.3 Å². The van der Waals surface area contributed by atoms with Crippen molar-refractivity contribution in [1.82, 2.24) is 15.5 Å². The molecule has 4 heteroatoms. The molecule has 4 nitrogen and oxygen atoms in total. The number of hydrogen-bond acceptors (Lipinski definition) is 2. The highest BCUT2D eigenvalue weighted by atomic mass is 15.2. The minimum absolute atomic E-state index is 0.799. The maximum atomic E-state index is 4.22. The summed E-state index contributed by atoms with van der Waals surface area (Å²) in [6.45, 7) is 4.92. The highest BCUT2D eigenvalue weighted by Gasteiger charge is 1.98. The number of nitrogens with one attached hydrogen (secondary N) is 2. The Morgan fingerprint density at radius 2 is 1.84 bits per heavy atom. The van der Waals surface area contributed by atoms with Crippen LogP contribution >= 0.6 is 0 Å². The summed E-state index contributed by atoms with van der Waals surface area (Å²) in [6.07, 6.45) is 1.11. The summed E-state index contributed by atoms with van der Waals surface area (Å²) in [5.41, 5.74) is 2.55. The van der Waals surface area contributed by atoms with E-state index in [0.29, 0.717) is 0 Å². The van der Waals surface area contributed by atoms with Crippen molar-refractivity contribution in [1.29, 1.82) is 0 Å². The molecule has 0 heterocycles. The Kier molecular flexibility index (Phi) is 6.97. The average molecular weight is 262 g/mol. The van der Waals surface area contributed by atoms with Crippen LogP contribution in [0.4, 0.5) is 0 Å². The van der Waals surface area contributed by atoms with Crippen LogP contribution < -0.4 is 10.6 Å². The third kappa shape index (κ3) is 6.82. The van der Waals surface area contributed by atoms with Gasteiger partial charge < -0.3 is 15.5 Å². The van der Waals surface area contributed by atoms with Gasteiger partial charge in [0.2, 0.25) is 0 Å². The van der Waals surface area contributed by atoms with Crippen LogP contribution in [0.2, 0.25) is 0 Å². The molecule has 2 N–H and O–H groups in total. The third-order valence-corrected chi connectivity index (χ3v) is 2.88. The van der Waals surface area contributed by atoms with Crippen LogP contribution in [-0.4, -0.2) is 45.1 Å². The van der Waals surface area contributed by atoms with Crippen LogP contribution in [0.25, 0.3) is 0 Å². The molecular weight excluding hydrogens is 236 g/mol. The molecule has 0 saturated heterocycles. The first kappa shape index (κ1) is 15.5. The van der Waals surface area contributed by atoms with Crippen LogP contribution in [-0.2, 0) is 6.54 Å². The molecule has 0 bridgehead atoms. The van der Waals surface area contributed by atoms with Gasteiger partial charge in [-0.25, -0.2) is 0 Å². The van der Waals surface area contributed by atoms with E-state index in [9.17, 15) is 0 Å². The first-order valence-corrected chi connectivity index (χ1v) is 6.76. The molecule has 0 aromatic heterocycles. The lowest BCUT2D eigenvalue weighted by Crippen LogP contribution is -2.38. The topological polar surface area (TPSA) is 39.7 Å². The van der Waals surface area contributed by atoms with E-state index in [-0.39, 0.29) is 0 Å². The number of hydrogen-bond donors (Lipinski definition) is 2. The van der Waals surface area contributed by atoms with Crippen LogP contribution in [0, 0.1) is 6.92 Å². The van der Waals surface area contributed by atoms with Gasteiger partial charge in [0.25, 0.3) is 0 Å². The zero-order chi connectivity index (χ0) is 14.1. The first-order chi connectivity index (χ1) is 9.11. The van der Waals surface area contributed by atoms with Gasteiger partial charge in [-0.1, -0.05) is 29.8 Å². The van der Waals surface area contributed by atoms with Crippen molar-refractivity contribution >= 4 is 5.96 Å². The molecule has 0 atom stereocenters. The van der Waals surface area contributed by atoms with E-state index in [2.05, 4.69) is 65.8 Å². The Morgan fingerprint density at radius 1 is 1.16 bits per heavy atom. The molecule has 0 unspecified atom stereocenters. The van der Waals surface area contributed by atoms with Crippen molar-refractivity contribution in [2.24, 2.45) is 4.99 Å². The molecule has 0 amide bonds. The fourth-order valence-corrected chi connectivity index (χ4v) is 1.71. The van der Waals surface area contributed by atoms with Crippen molar-refractivity contribution in [2.45, 2.75) is 19.9 Å². The Hall–Kier alpha value is -1.55. The smallest absolute Gasteiger partial charge is 0.191 e. The summed E-state index contributed by atoms with van der Waals surface area (Å²) in [5.74, 6) is 0.860. The summed E-state index contributed by atoms with van der Waals surface area (Å²) in [6, 6.07) is 8.54.